The first-order valence-electron chi connectivity index (χ1n) is 8.89. The minimum Gasteiger partial charge on any atom is -0.352 e. The lowest BCUT2D eigenvalue weighted by Gasteiger charge is -2.29. The molecule has 7 nitrogen and oxygen atoms in total. The zero-order chi connectivity index (χ0) is 20.1. The predicted molar refractivity (Wildman–Crippen MR) is 92.6 cm³/mol. The first-order valence-corrected chi connectivity index (χ1v) is 8.89. The molecule has 0 atom stereocenters. The average Bonchev–Trinajstić information content (AvgIpc) is 3.13. The van der Waals surface area contributed by atoms with Gasteiger partial charge in [0, 0.05) is 31.1 Å². The van der Waals surface area contributed by atoms with E-state index in [0.717, 1.165) is 18.4 Å². The van der Waals surface area contributed by atoms with Crippen molar-refractivity contribution in [2.24, 2.45) is 5.92 Å². The van der Waals surface area contributed by atoms with E-state index in [1.165, 1.54) is 0 Å². The van der Waals surface area contributed by atoms with Gasteiger partial charge >= 0.3 is 6.18 Å². The maximum absolute atomic E-state index is 12.4. The Morgan fingerprint density at radius 3 is 2.79 bits per heavy atom. The summed E-state index contributed by atoms with van der Waals surface area (Å²) in [5, 5.41) is 8.09. The first-order chi connectivity index (χ1) is 13.3. The number of amides is 1. The Labute approximate surface area is 159 Å². The monoisotopic (exact) mass is 398 g/mol. The Bertz CT molecular complexity index is 801. The lowest BCUT2D eigenvalue weighted by atomic mass is 9.97. The number of alkyl halides is 3. The van der Waals surface area contributed by atoms with E-state index >= 15 is 0 Å². The van der Waals surface area contributed by atoms with Gasteiger partial charge in [-0.2, -0.15) is 23.2 Å². The Morgan fingerprint density at radius 2 is 2.11 bits per heavy atom. The zero-order valence-electron chi connectivity index (χ0n) is 15.3. The van der Waals surface area contributed by atoms with E-state index in [0.29, 0.717) is 25.2 Å². The highest BCUT2D eigenvalue weighted by molar-refractivity contribution is 5.78. The molecule has 1 aliphatic heterocycles. The van der Waals surface area contributed by atoms with Crippen LogP contribution in [0.2, 0.25) is 0 Å². The summed E-state index contributed by atoms with van der Waals surface area (Å²) in [6.45, 7) is 1.73. The molecule has 0 saturated carbocycles. The van der Waals surface area contributed by atoms with E-state index in [4.69, 9.17) is 9.36 Å². The molecule has 2 aromatic rings. The van der Waals surface area contributed by atoms with E-state index in [1.807, 2.05) is 11.1 Å². The topological polar surface area (TPSA) is 80.5 Å². The van der Waals surface area contributed by atoms with E-state index in [-0.39, 0.29) is 17.7 Å². The number of carbonyl (C=O) groups is 1. The maximum Gasteiger partial charge on any atom is 0.396 e. The molecule has 1 N–H and O–H groups in total. The molecular weight excluding hydrogens is 377 g/mol. The van der Waals surface area contributed by atoms with Crippen LogP contribution in [-0.4, -0.2) is 47.5 Å². The van der Waals surface area contributed by atoms with Crippen molar-refractivity contribution in [2.75, 3.05) is 20.2 Å². The highest BCUT2D eigenvalue weighted by atomic mass is 19.4. The van der Waals surface area contributed by atoms with Crippen LogP contribution in [-0.2, 0) is 22.6 Å². The summed E-state index contributed by atoms with van der Waals surface area (Å²) in [4.78, 5) is 21.3. The number of benzene rings is 1. The second-order valence-corrected chi connectivity index (χ2v) is 6.61. The standard InChI is InChI=1S/C18H21F3N4O3/c1-27-25-7-5-13(6-8-25)16(26)22-11-12-3-2-4-14(9-12)17-23-15(24-28-17)10-18(19,20)21/h2-4,9,13H,5-8,10-11H2,1H3,(H,22,26). The van der Waals surface area contributed by atoms with Crippen LogP contribution in [0.3, 0.4) is 0 Å². The number of carbonyl (C=O) groups excluding carboxylic acids is 1. The molecule has 0 spiro atoms. The number of halogens is 3. The number of aromatic nitrogens is 2. The van der Waals surface area contributed by atoms with Crippen LogP contribution in [0.1, 0.15) is 24.2 Å². The molecule has 0 bridgehead atoms. The smallest absolute Gasteiger partial charge is 0.352 e. The molecule has 3 rings (SSSR count). The number of nitrogens with zero attached hydrogens (tertiary/aromatic N) is 3. The van der Waals surface area contributed by atoms with Gasteiger partial charge < -0.3 is 14.7 Å². The molecule has 0 aliphatic carbocycles. The summed E-state index contributed by atoms with van der Waals surface area (Å²) in [6, 6.07) is 6.90. The SMILES string of the molecule is CON1CCC(C(=O)NCc2cccc(-c3nc(CC(F)(F)F)no3)c2)CC1. The van der Waals surface area contributed by atoms with E-state index in [1.54, 1.807) is 25.3 Å². The molecule has 1 saturated heterocycles. The van der Waals surface area contributed by atoms with Crippen molar-refractivity contribution in [3.63, 3.8) is 0 Å². The second kappa shape index (κ2) is 8.70. The second-order valence-electron chi connectivity index (χ2n) is 6.61. The molecule has 10 heteroatoms. The summed E-state index contributed by atoms with van der Waals surface area (Å²) in [5.41, 5.74) is 1.29. The van der Waals surface area contributed by atoms with Gasteiger partial charge in [0.2, 0.25) is 5.91 Å². The van der Waals surface area contributed by atoms with Crippen LogP contribution in [0.4, 0.5) is 13.2 Å². The highest BCUT2D eigenvalue weighted by Gasteiger charge is 2.30. The van der Waals surface area contributed by atoms with E-state index < -0.39 is 18.4 Å². The van der Waals surface area contributed by atoms with Gasteiger partial charge in [-0.05, 0) is 30.5 Å². The van der Waals surface area contributed by atoms with Crippen molar-refractivity contribution in [3.05, 3.63) is 35.7 Å². The van der Waals surface area contributed by atoms with Crippen molar-refractivity contribution in [3.8, 4) is 11.5 Å². The Hall–Kier alpha value is -2.46. The van der Waals surface area contributed by atoms with Gasteiger partial charge in [0.25, 0.3) is 5.89 Å². The largest absolute Gasteiger partial charge is 0.396 e. The highest BCUT2D eigenvalue weighted by Crippen LogP contribution is 2.23. The number of hydrogen-bond donors (Lipinski definition) is 1. The van der Waals surface area contributed by atoms with Crippen molar-refractivity contribution in [1.29, 1.82) is 0 Å². The van der Waals surface area contributed by atoms with Crippen molar-refractivity contribution in [1.82, 2.24) is 20.5 Å². The molecular formula is C18H21F3N4O3. The third-order valence-electron chi connectivity index (χ3n) is 4.55. The first kappa shape index (κ1) is 20.3. The molecule has 2 heterocycles. The molecule has 0 unspecified atom stereocenters. The van der Waals surface area contributed by atoms with Gasteiger partial charge in [-0.15, -0.1) is 0 Å². The van der Waals surface area contributed by atoms with Gasteiger partial charge in [-0.25, -0.2) is 0 Å². The van der Waals surface area contributed by atoms with Crippen LogP contribution >= 0.6 is 0 Å². The third-order valence-corrected chi connectivity index (χ3v) is 4.55. The zero-order valence-corrected chi connectivity index (χ0v) is 15.3. The van der Waals surface area contributed by atoms with E-state index in [2.05, 4.69) is 15.5 Å². The molecule has 28 heavy (non-hydrogen) atoms. The molecule has 1 aromatic carbocycles. The van der Waals surface area contributed by atoms with Crippen molar-refractivity contribution in [2.45, 2.75) is 32.0 Å². The number of rotatable bonds is 6. The van der Waals surface area contributed by atoms with Gasteiger partial charge in [0.1, 0.15) is 6.42 Å². The van der Waals surface area contributed by atoms with Gasteiger partial charge in [-0.3, -0.25) is 4.79 Å². The van der Waals surface area contributed by atoms with Crippen LogP contribution in [0, 0.1) is 5.92 Å². The molecule has 1 fully saturated rings. The fourth-order valence-electron chi connectivity index (χ4n) is 3.07. The van der Waals surface area contributed by atoms with E-state index in [9.17, 15) is 18.0 Å². The summed E-state index contributed by atoms with van der Waals surface area (Å²) in [5.74, 6) is -0.482. The molecule has 1 amide bonds. The van der Waals surface area contributed by atoms with Crippen molar-refractivity contribution < 1.29 is 27.3 Å². The fourth-order valence-corrected chi connectivity index (χ4v) is 3.07. The van der Waals surface area contributed by atoms with Gasteiger partial charge in [-0.1, -0.05) is 17.3 Å². The summed E-state index contributed by atoms with van der Waals surface area (Å²) < 4.78 is 42.2. The fraction of sp³-hybridized carbons (Fsp3) is 0.500. The number of hydroxylamine groups is 2. The minimum atomic E-state index is -4.40. The summed E-state index contributed by atoms with van der Waals surface area (Å²) in [7, 11) is 1.61. The Morgan fingerprint density at radius 1 is 1.36 bits per heavy atom. The van der Waals surface area contributed by atoms with Gasteiger partial charge in [0.15, 0.2) is 5.82 Å². The third kappa shape index (κ3) is 5.52. The van der Waals surface area contributed by atoms with Crippen molar-refractivity contribution >= 4 is 5.91 Å². The molecule has 1 aliphatic rings. The molecule has 152 valence electrons. The number of hydrogen-bond acceptors (Lipinski definition) is 6. The van der Waals surface area contributed by atoms with Crippen LogP contribution in [0.5, 0.6) is 0 Å². The summed E-state index contributed by atoms with van der Waals surface area (Å²) >= 11 is 0. The molecule has 0 radical (unpaired) electrons. The lowest BCUT2D eigenvalue weighted by Crippen LogP contribution is -2.39. The average molecular weight is 398 g/mol. The number of piperidine rings is 1. The quantitative estimate of drug-likeness (QED) is 0.806. The number of nitrogens with one attached hydrogen (secondary N) is 1. The van der Waals surface area contributed by atoms with Crippen LogP contribution < -0.4 is 5.32 Å². The summed E-state index contributed by atoms with van der Waals surface area (Å²) in [6.07, 6.45) is -4.19. The Balaban J connectivity index is 1.57. The minimum absolute atomic E-state index is 0.0133. The predicted octanol–water partition coefficient (Wildman–Crippen LogP) is 2.73. The maximum atomic E-state index is 12.4. The molecule has 1 aromatic heterocycles. The lowest BCUT2D eigenvalue weighted by molar-refractivity contribution is -0.154. The van der Waals surface area contributed by atoms with Crippen LogP contribution in [0.15, 0.2) is 28.8 Å². The normalized spacial score (nSPS) is 16.3. The van der Waals surface area contributed by atoms with Crippen LogP contribution in [0.25, 0.3) is 11.5 Å². The Kier molecular flexibility index (Phi) is 6.30. The van der Waals surface area contributed by atoms with Gasteiger partial charge in [0.05, 0.1) is 7.11 Å².